The van der Waals surface area contributed by atoms with E-state index in [0.29, 0.717) is 21.9 Å². The Hall–Kier alpha value is -3.43. The molecule has 0 spiro atoms. The van der Waals surface area contributed by atoms with E-state index in [1.807, 2.05) is 36.4 Å². The van der Waals surface area contributed by atoms with Crippen LogP contribution in [-0.2, 0) is 9.53 Å². The number of carbonyl (C=O) groups is 2. The van der Waals surface area contributed by atoms with E-state index in [1.165, 1.54) is 11.8 Å². The SMILES string of the molecule is N#Cc1ccc(-c2ccccc2)nc1SCCC(=O)OCC(=O)c1ccccc1. The zero-order valence-electron chi connectivity index (χ0n) is 15.6. The Morgan fingerprint density at radius 2 is 1.66 bits per heavy atom. The number of hydrogen-bond acceptors (Lipinski definition) is 6. The van der Waals surface area contributed by atoms with E-state index in [0.717, 1.165) is 11.3 Å². The van der Waals surface area contributed by atoms with Crippen molar-refractivity contribution in [2.75, 3.05) is 12.4 Å². The smallest absolute Gasteiger partial charge is 0.307 e. The summed E-state index contributed by atoms with van der Waals surface area (Å²) in [5.74, 6) is -0.298. The lowest BCUT2D eigenvalue weighted by molar-refractivity contribution is -0.141. The van der Waals surface area contributed by atoms with Crippen molar-refractivity contribution in [2.45, 2.75) is 11.4 Å². The number of nitrogens with zero attached hydrogens (tertiary/aromatic N) is 2. The van der Waals surface area contributed by atoms with Crippen molar-refractivity contribution in [3.8, 4) is 17.3 Å². The fourth-order valence-electron chi connectivity index (χ4n) is 2.56. The summed E-state index contributed by atoms with van der Waals surface area (Å²) in [7, 11) is 0. The number of nitriles is 1. The third kappa shape index (κ3) is 5.77. The number of ether oxygens (including phenoxy) is 1. The molecular weight excluding hydrogens is 384 g/mol. The Morgan fingerprint density at radius 3 is 2.34 bits per heavy atom. The van der Waals surface area contributed by atoms with Gasteiger partial charge in [0.1, 0.15) is 11.1 Å². The third-order valence-electron chi connectivity index (χ3n) is 4.06. The fraction of sp³-hybridized carbons (Fsp3) is 0.130. The van der Waals surface area contributed by atoms with Crippen molar-refractivity contribution in [1.29, 1.82) is 5.26 Å². The first-order valence-electron chi connectivity index (χ1n) is 9.00. The second kappa shape index (κ2) is 10.2. The summed E-state index contributed by atoms with van der Waals surface area (Å²) in [6.07, 6.45) is 0.120. The molecule has 0 aliphatic carbocycles. The maximum Gasteiger partial charge on any atom is 0.307 e. The average molecular weight is 402 g/mol. The maximum absolute atomic E-state index is 12.0. The largest absolute Gasteiger partial charge is 0.457 e. The van der Waals surface area contributed by atoms with E-state index in [2.05, 4.69) is 11.1 Å². The highest BCUT2D eigenvalue weighted by Crippen LogP contribution is 2.25. The van der Waals surface area contributed by atoms with E-state index >= 15 is 0 Å². The summed E-state index contributed by atoms with van der Waals surface area (Å²) in [6.45, 7) is -0.279. The molecule has 3 rings (SSSR count). The van der Waals surface area contributed by atoms with Gasteiger partial charge in [-0.2, -0.15) is 5.26 Å². The van der Waals surface area contributed by atoms with Crippen LogP contribution in [0, 0.1) is 11.3 Å². The molecule has 0 unspecified atom stereocenters. The van der Waals surface area contributed by atoms with Gasteiger partial charge >= 0.3 is 5.97 Å². The molecule has 6 heteroatoms. The normalized spacial score (nSPS) is 10.2. The third-order valence-corrected chi connectivity index (χ3v) is 5.05. The molecule has 5 nitrogen and oxygen atoms in total. The highest BCUT2D eigenvalue weighted by molar-refractivity contribution is 7.99. The standard InChI is InChI=1S/C23H18N2O3S/c24-15-19-11-12-20(17-7-3-1-4-8-17)25-23(19)29-14-13-22(27)28-16-21(26)18-9-5-2-6-10-18/h1-12H,13-14,16H2. The summed E-state index contributed by atoms with van der Waals surface area (Å²) in [5.41, 5.74) is 2.69. The van der Waals surface area contributed by atoms with Gasteiger partial charge in [-0.1, -0.05) is 60.7 Å². The number of rotatable bonds is 8. The Kier molecular flexibility index (Phi) is 7.15. The highest BCUT2D eigenvalue weighted by Gasteiger charge is 2.12. The molecule has 29 heavy (non-hydrogen) atoms. The van der Waals surface area contributed by atoms with Crippen LogP contribution in [0.5, 0.6) is 0 Å². The zero-order chi connectivity index (χ0) is 20.5. The molecule has 0 amide bonds. The van der Waals surface area contributed by atoms with Gasteiger partial charge in [-0.15, -0.1) is 11.8 Å². The lowest BCUT2D eigenvalue weighted by Crippen LogP contribution is -2.14. The number of ketones is 1. The van der Waals surface area contributed by atoms with E-state index in [1.54, 1.807) is 36.4 Å². The minimum absolute atomic E-state index is 0.120. The van der Waals surface area contributed by atoms with Crippen LogP contribution in [0.25, 0.3) is 11.3 Å². The summed E-state index contributed by atoms with van der Waals surface area (Å²) >= 11 is 1.32. The first kappa shape index (κ1) is 20.3. The van der Waals surface area contributed by atoms with E-state index in [4.69, 9.17) is 4.74 Å². The van der Waals surface area contributed by atoms with Gasteiger partial charge in [-0.25, -0.2) is 4.98 Å². The van der Waals surface area contributed by atoms with Gasteiger partial charge in [0.25, 0.3) is 0 Å². The van der Waals surface area contributed by atoms with E-state index in [-0.39, 0.29) is 18.8 Å². The Balaban J connectivity index is 1.54. The summed E-state index contributed by atoms with van der Waals surface area (Å²) in [4.78, 5) is 28.5. The molecule has 2 aromatic carbocycles. The molecule has 0 aliphatic rings. The number of carbonyl (C=O) groups excluding carboxylic acids is 2. The molecule has 0 saturated heterocycles. The first-order chi connectivity index (χ1) is 14.2. The number of pyridine rings is 1. The van der Waals surface area contributed by atoms with Crippen molar-refractivity contribution >= 4 is 23.5 Å². The second-order valence-corrected chi connectivity index (χ2v) is 7.16. The molecular formula is C23H18N2O3S. The van der Waals surface area contributed by atoms with Gasteiger partial charge in [-0.05, 0) is 12.1 Å². The van der Waals surface area contributed by atoms with Crippen molar-refractivity contribution in [1.82, 2.24) is 4.98 Å². The van der Waals surface area contributed by atoms with E-state index in [9.17, 15) is 14.9 Å². The Labute approximate surface area is 173 Å². The van der Waals surface area contributed by atoms with Gasteiger partial charge in [0, 0.05) is 16.9 Å². The molecule has 0 fully saturated rings. The van der Waals surface area contributed by atoms with Gasteiger partial charge in [0.2, 0.25) is 0 Å². The number of aromatic nitrogens is 1. The first-order valence-corrected chi connectivity index (χ1v) is 9.99. The van der Waals surface area contributed by atoms with Crippen LogP contribution in [0.15, 0.2) is 77.8 Å². The van der Waals surface area contributed by atoms with Gasteiger partial charge in [0.05, 0.1) is 17.7 Å². The van der Waals surface area contributed by atoms with Crippen LogP contribution in [0.2, 0.25) is 0 Å². The Morgan fingerprint density at radius 1 is 0.966 bits per heavy atom. The summed E-state index contributed by atoms with van der Waals surface area (Å²) in [5, 5.41) is 9.88. The highest BCUT2D eigenvalue weighted by atomic mass is 32.2. The van der Waals surface area contributed by atoms with Crippen LogP contribution in [0.1, 0.15) is 22.3 Å². The van der Waals surface area contributed by atoms with Crippen LogP contribution in [-0.4, -0.2) is 29.1 Å². The molecule has 0 saturated carbocycles. The molecule has 0 bridgehead atoms. The van der Waals surface area contributed by atoms with Crippen LogP contribution >= 0.6 is 11.8 Å². The van der Waals surface area contributed by atoms with Crippen molar-refractivity contribution in [3.05, 3.63) is 83.9 Å². The summed E-state index contributed by atoms with van der Waals surface area (Å²) in [6, 6.07) is 24.0. The molecule has 1 aromatic heterocycles. The molecule has 0 atom stereocenters. The van der Waals surface area contributed by atoms with Crippen molar-refractivity contribution in [3.63, 3.8) is 0 Å². The lowest BCUT2D eigenvalue weighted by Gasteiger charge is -2.07. The maximum atomic E-state index is 12.0. The Bertz CT molecular complexity index is 1030. The zero-order valence-corrected chi connectivity index (χ0v) is 16.4. The quantitative estimate of drug-likeness (QED) is 0.313. The predicted molar refractivity (Wildman–Crippen MR) is 111 cm³/mol. The minimum Gasteiger partial charge on any atom is -0.457 e. The average Bonchev–Trinajstić information content (AvgIpc) is 2.78. The topological polar surface area (TPSA) is 80.1 Å². The fourth-order valence-corrected chi connectivity index (χ4v) is 3.46. The van der Waals surface area contributed by atoms with Crippen molar-refractivity contribution < 1.29 is 14.3 Å². The molecule has 144 valence electrons. The minimum atomic E-state index is -0.459. The summed E-state index contributed by atoms with van der Waals surface area (Å²) < 4.78 is 5.06. The monoisotopic (exact) mass is 402 g/mol. The number of thioether (sulfide) groups is 1. The predicted octanol–water partition coefficient (Wildman–Crippen LogP) is 4.53. The molecule has 1 heterocycles. The molecule has 0 radical (unpaired) electrons. The van der Waals surface area contributed by atoms with Crippen LogP contribution in [0.3, 0.4) is 0 Å². The molecule has 0 aliphatic heterocycles. The number of Topliss-reactive ketones (excluding diaryl/α,β-unsaturated/α-hetero) is 1. The van der Waals surface area contributed by atoms with Gasteiger partial charge < -0.3 is 4.74 Å². The van der Waals surface area contributed by atoms with Crippen molar-refractivity contribution in [2.24, 2.45) is 0 Å². The number of esters is 1. The number of benzene rings is 2. The molecule has 0 N–H and O–H groups in total. The lowest BCUT2D eigenvalue weighted by atomic mass is 10.1. The van der Waals surface area contributed by atoms with Gasteiger partial charge in [-0.3, -0.25) is 9.59 Å². The molecule has 3 aromatic rings. The second-order valence-electron chi connectivity index (χ2n) is 6.08. The van der Waals surface area contributed by atoms with Crippen LogP contribution in [0.4, 0.5) is 0 Å². The van der Waals surface area contributed by atoms with Gasteiger partial charge in [0.15, 0.2) is 12.4 Å². The van der Waals surface area contributed by atoms with E-state index < -0.39 is 5.97 Å². The number of hydrogen-bond donors (Lipinski definition) is 0. The van der Waals surface area contributed by atoms with Crippen LogP contribution < -0.4 is 0 Å².